The first-order chi connectivity index (χ1) is 19.8. The fourth-order valence-corrected chi connectivity index (χ4v) is 5.29. The fraction of sp³-hybridized carbons (Fsp3) is 0.364. The predicted molar refractivity (Wildman–Crippen MR) is 155 cm³/mol. The van der Waals surface area contributed by atoms with Gasteiger partial charge in [0.15, 0.2) is 11.5 Å². The number of benzene rings is 2. The number of nitrogens with zero attached hydrogens (tertiary/aromatic N) is 2. The van der Waals surface area contributed by atoms with Crippen LogP contribution in [0.1, 0.15) is 62.4 Å². The van der Waals surface area contributed by atoms with Crippen molar-refractivity contribution in [1.29, 1.82) is 0 Å². The second-order valence-electron chi connectivity index (χ2n) is 10.9. The molecule has 214 valence electrons. The number of carbonyl (C=O) groups is 2. The molecular formula is C33H36N2O6. The Morgan fingerprint density at radius 1 is 1.12 bits per heavy atom. The third kappa shape index (κ3) is 5.92. The van der Waals surface area contributed by atoms with Crippen LogP contribution >= 0.6 is 0 Å². The van der Waals surface area contributed by atoms with Gasteiger partial charge in [0.25, 0.3) is 11.7 Å². The summed E-state index contributed by atoms with van der Waals surface area (Å²) in [5, 5.41) is 11.6. The zero-order valence-corrected chi connectivity index (χ0v) is 23.9. The van der Waals surface area contributed by atoms with Gasteiger partial charge < -0.3 is 24.2 Å². The lowest BCUT2D eigenvalue weighted by Crippen LogP contribution is -2.29. The number of aliphatic hydroxyl groups is 1. The maximum absolute atomic E-state index is 13.6. The van der Waals surface area contributed by atoms with Gasteiger partial charge in [0.1, 0.15) is 17.6 Å². The Balaban J connectivity index is 1.60. The lowest BCUT2D eigenvalue weighted by atomic mass is 9.94. The van der Waals surface area contributed by atoms with Gasteiger partial charge in [0, 0.05) is 30.9 Å². The van der Waals surface area contributed by atoms with E-state index < -0.39 is 17.7 Å². The Labute approximate surface area is 240 Å². The third-order valence-corrected chi connectivity index (χ3v) is 7.32. The van der Waals surface area contributed by atoms with Crippen LogP contribution in [-0.4, -0.2) is 46.0 Å². The summed E-state index contributed by atoms with van der Waals surface area (Å²) in [5.41, 5.74) is 2.84. The number of ketones is 1. The lowest BCUT2D eigenvalue weighted by molar-refractivity contribution is -0.140. The van der Waals surface area contributed by atoms with Crippen molar-refractivity contribution in [2.75, 3.05) is 13.2 Å². The first-order valence-electron chi connectivity index (χ1n) is 14.1. The highest BCUT2D eigenvalue weighted by Gasteiger charge is 2.46. The number of carbonyl (C=O) groups excluding carboxylic acids is 2. The number of Topliss-reactive ketones (excluding diaryl/α,β-unsaturated/α-hetero) is 1. The topological polar surface area (TPSA) is 98.2 Å². The molecular weight excluding hydrogens is 520 g/mol. The summed E-state index contributed by atoms with van der Waals surface area (Å²) in [6, 6.07) is 13.6. The van der Waals surface area contributed by atoms with Crippen LogP contribution in [-0.2, 0) is 22.6 Å². The van der Waals surface area contributed by atoms with E-state index in [1.807, 2.05) is 32.0 Å². The summed E-state index contributed by atoms with van der Waals surface area (Å²) >= 11 is 0. The van der Waals surface area contributed by atoms with Crippen molar-refractivity contribution in [3.8, 4) is 17.2 Å². The molecule has 2 aromatic carbocycles. The van der Waals surface area contributed by atoms with Crippen LogP contribution in [0.3, 0.4) is 0 Å². The minimum absolute atomic E-state index is 0.0294. The van der Waals surface area contributed by atoms with E-state index in [1.165, 1.54) is 4.90 Å². The molecule has 0 spiro atoms. The molecule has 0 aliphatic carbocycles. The van der Waals surface area contributed by atoms with Gasteiger partial charge in [0.2, 0.25) is 0 Å². The molecule has 5 rings (SSSR count). The molecule has 41 heavy (non-hydrogen) atoms. The van der Waals surface area contributed by atoms with E-state index in [2.05, 4.69) is 18.8 Å². The van der Waals surface area contributed by atoms with E-state index in [0.29, 0.717) is 48.2 Å². The number of rotatable bonds is 10. The smallest absolute Gasteiger partial charge is 0.295 e. The number of amides is 1. The second-order valence-corrected chi connectivity index (χ2v) is 10.9. The van der Waals surface area contributed by atoms with Gasteiger partial charge in [-0.25, -0.2) is 0 Å². The number of hydrogen-bond acceptors (Lipinski definition) is 7. The van der Waals surface area contributed by atoms with Crippen molar-refractivity contribution < 1.29 is 28.9 Å². The summed E-state index contributed by atoms with van der Waals surface area (Å²) in [7, 11) is 0. The van der Waals surface area contributed by atoms with Gasteiger partial charge in [-0.1, -0.05) is 26.0 Å². The average molecular weight is 557 g/mol. The monoisotopic (exact) mass is 556 g/mol. The van der Waals surface area contributed by atoms with E-state index in [9.17, 15) is 14.7 Å². The number of ether oxygens (including phenoxy) is 3. The van der Waals surface area contributed by atoms with Crippen LogP contribution in [0.4, 0.5) is 0 Å². The second kappa shape index (κ2) is 12.0. The first kappa shape index (κ1) is 28.2. The maximum atomic E-state index is 13.6. The number of aliphatic hydroxyl groups excluding tert-OH is 1. The maximum Gasteiger partial charge on any atom is 0.295 e. The number of fused-ring (bicyclic) bond motifs is 1. The zero-order valence-electron chi connectivity index (χ0n) is 23.9. The van der Waals surface area contributed by atoms with Crippen LogP contribution in [0.25, 0.3) is 5.76 Å². The summed E-state index contributed by atoms with van der Waals surface area (Å²) in [5.74, 6) is 0.714. The van der Waals surface area contributed by atoms with Gasteiger partial charge in [-0.15, -0.1) is 0 Å². The van der Waals surface area contributed by atoms with E-state index in [4.69, 9.17) is 14.2 Å². The Bertz CT molecular complexity index is 1470. The summed E-state index contributed by atoms with van der Waals surface area (Å²) in [6.45, 7) is 9.23. The molecule has 1 amide bonds. The highest BCUT2D eigenvalue weighted by Crippen LogP contribution is 2.43. The van der Waals surface area contributed by atoms with Crippen molar-refractivity contribution in [3.63, 3.8) is 0 Å². The summed E-state index contributed by atoms with van der Waals surface area (Å²) in [6.07, 6.45) is 4.94. The largest absolute Gasteiger partial charge is 0.507 e. The van der Waals surface area contributed by atoms with Crippen molar-refractivity contribution in [2.24, 2.45) is 5.92 Å². The SMILES string of the molecule is CCOc1cc([C@H]2/C(=C(\O)c3ccc4c(c3)C[C@H](C)O4)C(=O)C(=O)N2Cc2cccnc2)ccc1OCCC(C)C. The van der Waals surface area contributed by atoms with Crippen LogP contribution in [0, 0.1) is 5.92 Å². The van der Waals surface area contributed by atoms with E-state index in [0.717, 1.165) is 23.3 Å². The molecule has 1 N–H and O–H groups in total. The zero-order chi connectivity index (χ0) is 29.1. The highest BCUT2D eigenvalue weighted by molar-refractivity contribution is 6.46. The Hall–Kier alpha value is -4.33. The molecule has 2 atom stereocenters. The Morgan fingerprint density at radius 2 is 1.95 bits per heavy atom. The first-order valence-corrected chi connectivity index (χ1v) is 14.1. The van der Waals surface area contributed by atoms with Crippen LogP contribution in [0.5, 0.6) is 17.2 Å². The molecule has 0 saturated carbocycles. The quantitative estimate of drug-likeness (QED) is 0.190. The van der Waals surface area contributed by atoms with Gasteiger partial charge in [0.05, 0.1) is 24.8 Å². The number of aromatic nitrogens is 1. The molecule has 2 aliphatic heterocycles. The molecule has 1 fully saturated rings. The summed E-state index contributed by atoms with van der Waals surface area (Å²) in [4.78, 5) is 32.7. The van der Waals surface area contributed by atoms with Crippen molar-refractivity contribution >= 4 is 17.4 Å². The molecule has 1 saturated heterocycles. The molecule has 8 nitrogen and oxygen atoms in total. The Morgan fingerprint density at radius 3 is 2.68 bits per heavy atom. The molecule has 1 aromatic heterocycles. The van der Waals surface area contributed by atoms with Gasteiger partial charge >= 0.3 is 0 Å². The molecule has 3 aromatic rings. The molecule has 0 unspecified atom stereocenters. The standard InChI is InChI=1S/C33H36N2O6/c1-5-39-28-17-23(8-11-27(28)40-14-12-20(2)3)30-29(31(36)24-9-10-26-25(16-24)15-21(4)41-26)32(37)33(38)35(30)19-22-7-6-13-34-18-22/h6-11,13,16-18,20-21,30,36H,5,12,14-15,19H2,1-4H3/b31-29+/t21-,30-/m0/s1. The Kier molecular flexibility index (Phi) is 8.28. The van der Waals surface area contributed by atoms with Crippen LogP contribution < -0.4 is 14.2 Å². The van der Waals surface area contributed by atoms with Gasteiger partial charge in [-0.3, -0.25) is 14.6 Å². The number of pyridine rings is 1. The van der Waals surface area contributed by atoms with E-state index in [-0.39, 0.29) is 24.0 Å². The lowest BCUT2D eigenvalue weighted by Gasteiger charge is -2.26. The van der Waals surface area contributed by atoms with E-state index >= 15 is 0 Å². The van der Waals surface area contributed by atoms with Crippen LogP contribution in [0.15, 0.2) is 66.5 Å². The number of likely N-dealkylation sites (tertiary alicyclic amines) is 1. The van der Waals surface area contributed by atoms with Gasteiger partial charge in [-0.05, 0) is 79.3 Å². The third-order valence-electron chi connectivity index (χ3n) is 7.32. The highest BCUT2D eigenvalue weighted by atomic mass is 16.5. The van der Waals surface area contributed by atoms with E-state index in [1.54, 1.807) is 42.7 Å². The normalized spacial score (nSPS) is 19.4. The van der Waals surface area contributed by atoms with Crippen molar-refractivity contribution in [3.05, 3.63) is 88.8 Å². The molecule has 2 aliphatic rings. The summed E-state index contributed by atoms with van der Waals surface area (Å²) < 4.78 is 17.8. The van der Waals surface area contributed by atoms with Crippen molar-refractivity contribution in [2.45, 2.75) is 59.2 Å². The minimum Gasteiger partial charge on any atom is -0.507 e. The predicted octanol–water partition coefficient (Wildman–Crippen LogP) is 5.85. The average Bonchev–Trinajstić information content (AvgIpc) is 3.45. The van der Waals surface area contributed by atoms with Crippen molar-refractivity contribution in [1.82, 2.24) is 9.88 Å². The molecule has 0 bridgehead atoms. The number of hydrogen-bond donors (Lipinski definition) is 1. The minimum atomic E-state index is -0.845. The molecule has 0 radical (unpaired) electrons. The van der Waals surface area contributed by atoms with Gasteiger partial charge in [-0.2, -0.15) is 0 Å². The van der Waals surface area contributed by atoms with Crippen LogP contribution in [0.2, 0.25) is 0 Å². The molecule has 3 heterocycles. The fourth-order valence-electron chi connectivity index (χ4n) is 5.29. The molecule has 8 heteroatoms.